The molecular weight excluding hydrogens is 278 g/mol. The van der Waals surface area contributed by atoms with E-state index >= 15 is 0 Å². The van der Waals surface area contributed by atoms with E-state index in [9.17, 15) is 4.79 Å². The molecule has 1 aromatic carbocycles. The highest BCUT2D eigenvalue weighted by Crippen LogP contribution is 2.24. The van der Waals surface area contributed by atoms with Crippen molar-refractivity contribution >= 4 is 23.5 Å². The standard InChI is InChI=1S/C14H12ClN3O2/c15-13-16-7-6-12(17-13)18-11(9-20-14(18)19)8-10-4-2-1-3-5-10/h1-7,11H,8-9H2/t11-/m0/s1. The Labute approximate surface area is 121 Å². The molecule has 0 bridgehead atoms. The second kappa shape index (κ2) is 5.46. The van der Waals surface area contributed by atoms with Crippen LogP contribution in [0, 0.1) is 0 Å². The van der Waals surface area contributed by atoms with Crippen molar-refractivity contribution < 1.29 is 9.53 Å². The molecule has 0 N–H and O–H groups in total. The van der Waals surface area contributed by atoms with E-state index in [1.165, 1.54) is 11.1 Å². The van der Waals surface area contributed by atoms with E-state index in [2.05, 4.69) is 9.97 Å². The van der Waals surface area contributed by atoms with Crippen LogP contribution in [0.4, 0.5) is 10.6 Å². The highest BCUT2D eigenvalue weighted by atomic mass is 35.5. The van der Waals surface area contributed by atoms with Crippen LogP contribution < -0.4 is 4.90 Å². The lowest BCUT2D eigenvalue weighted by atomic mass is 10.1. The first-order valence-corrected chi connectivity index (χ1v) is 6.60. The second-order valence-electron chi connectivity index (χ2n) is 4.47. The van der Waals surface area contributed by atoms with E-state index in [0.29, 0.717) is 18.8 Å². The van der Waals surface area contributed by atoms with Gasteiger partial charge in [-0.25, -0.2) is 14.8 Å². The largest absolute Gasteiger partial charge is 0.447 e. The quantitative estimate of drug-likeness (QED) is 0.815. The Kier molecular flexibility index (Phi) is 3.52. The molecule has 1 fully saturated rings. The number of rotatable bonds is 3. The molecule has 3 rings (SSSR count). The molecule has 0 radical (unpaired) electrons. The Bertz CT molecular complexity index is 621. The highest BCUT2D eigenvalue weighted by Gasteiger charge is 2.35. The fourth-order valence-electron chi connectivity index (χ4n) is 2.24. The smallest absolute Gasteiger partial charge is 0.415 e. The van der Waals surface area contributed by atoms with Gasteiger partial charge in [0.25, 0.3) is 0 Å². The molecule has 20 heavy (non-hydrogen) atoms. The lowest BCUT2D eigenvalue weighted by molar-refractivity contribution is 0.178. The molecule has 1 saturated heterocycles. The first-order valence-electron chi connectivity index (χ1n) is 6.22. The molecule has 5 nitrogen and oxygen atoms in total. The molecule has 2 aromatic rings. The fourth-order valence-corrected chi connectivity index (χ4v) is 2.38. The zero-order valence-corrected chi connectivity index (χ0v) is 11.3. The van der Waals surface area contributed by atoms with Crippen LogP contribution in [0.15, 0.2) is 42.6 Å². The molecule has 1 atom stereocenters. The van der Waals surface area contributed by atoms with Gasteiger partial charge < -0.3 is 4.74 Å². The van der Waals surface area contributed by atoms with Crippen LogP contribution in [-0.2, 0) is 11.2 Å². The Balaban J connectivity index is 1.85. The third-order valence-corrected chi connectivity index (χ3v) is 3.32. The van der Waals surface area contributed by atoms with Crippen molar-refractivity contribution in [3.05, 3.63) is 53.4 Å². The van der Waals surface area contributed by atoms with Crippen LogP contribution in [0.1, 0.15) is 5.56 Å². The van der Waals surface area contributed by atoms with Gasteiger partial charge in [-0.05, 0) is 29.7 Å². The highest BCUT2D eigenvalue weighted by molar-refractivity contribution is 6.28. The van der Waals surface area contributed by atoms with Crippen molar-refractivity contribution in [2.75, 3.05) is 11.5 Å². The summed E-state index contributed by atoms with van der Waals surface area (Å²) in [7, 11) is 0. The molecule has 1 aliphatic heterocycles. The summed E-state index contributed by atoms with van der Waals surface area (Å²) in [5.74, 6) is 0.466. The molecule has 102 valence electrons. The number of hydrogen-bond acceptors (Lipinski definition) is 4. The average molecular weight is 290 g/mol. The van der Waals surface area contributed by atoms with E-state index < -0.39 is 6.09 Å². The molecule has 1 aliphatic rings. The Morgan fingerprint density at radius 2 is 2.10 bits per heavy atom. The number of halogens is 1. The Morgan fingerprint density at radius 3 is 2.85 bits per heavy atom. The van der Waals surface area contributed by atoms with Crippen molar-refractivity contribution in [1.82, 2.24) is 9.97 Å². The molecule has 0 saturated carbocycles. The summed E-state index contributed by atoms with van der Waals surface area (Å²) in [5, 5.41) is 0.112. The monoisotopic (exact) mass is 289 g/mol. The summed E-state index contributed by atoms with van der Waals surface area (Å²) in [6.45, 7) is 0.343. The van der Waals surface area contributed by atoms with Gasteiger partial charge in [0.05, 0.1) is 6.04 Å². The Hall–Kier alpha value is -2.14. The third kappa shape index (κ3) is 2.58. The van der Waals surface area contributed by atoms with Gasteiger partial charge in [-0.1, -0.05) is 30.3 Å². The van der Waals surface area contributed by atoms with Crippen LogP contribution in [0.25, 0.3) is 0 Å². The van der Waals surface area contributed by atoms with Gasteiger partial charge >= 0.3 is 6.09 Å². The molecule has 0 spiro atoms. The number of amides is 1. The van der Waals surface area contributed by atoms with Crippen LogP contribution in [0.3, 0.4) is 0 Å². The maximum absolute atomic E-state index is 11.9. The number of ether oxygens (including phenoxy) is 1. The summed E-state index contributed by atoms with van der Waals surface area (Å²) in [6.07, 6.45) is 1.82. The third-order valence-electron chi connectivity index (χ3n) is 3.13. The van der Waals surface area contributed by atoms with Gasteiger partial charge in [0.2, 0.25) is 5.28 Å². The van der Waals surface area contributed by atoms with Crippen molar-refractivity contribution in [2.24, 2.45) is 0 Å². The van der Waals surface area contributed by atoms with Crippen LogP contribution >= 0.6 is 11.6 Å². The number of cyclic esters (lactones) is 1. The Morgan fingerprint density at radius 1 is 1.30 bits per heavy atom. The van der Waals surface area contributed by atoms with Crippen molar-refractivity contribution in [1.29, 1.82) is 0 Å². The van der Waals surface area contributed by atoms with E-state index in [1.54, 1.807) is 6.07 Å². The van der Waals surface area contributed by atoms with E-state index in [-0.39, 0.29) is 11.3 Å². The maximum Gasteiger partial charge on any atom is 0.415 e. The van der Waals surface area contributed by atoms with E-state index in [4.69, 9.17) is 16.3 Å². The lowest BCUT2D eigenvalue weighted by Crippen LogP contribution is -2.35. The van der Waals surface area contributed by atoms with Crippen molar-refractivity contribution in [3.63, 3.8) is 0 Å². The van der Waals surface area contributed by atoms with E-state index in [1.807, 2.05) is 30.3 Å². The van der Waals surface area contributed by atoms with Crippen LogP contribution in [-0.4, -0.2) is 28.7 Å². The minimum Gasteiger partial charge on any atom is -0.447 e. The lowest BCUT2D eigenvalue weighted by Gasteiger charge is -2.20. The predicted molar refractivity (Wildman–Crippen MR) is 74.8 cm³/mol. The molecular formula is C14H12ClN3O2. The van der Waals surface area contributed by atoms with E-state index in [0.717, 1.165) is 5.56 Å². The average Bonchev–Trinajstić information content (AvgIpc) is 2.81. The van der Waals surface area contributed by atoms with Gasteiger partial charge in [-0.2, -0.15) is 0 Å². The normalized spacial score (nSPS) is 18.1. The number of nitrogens with zero attached hydrogens (tertiary/aromatic N) is 3. The van der Waals surface area contributed by atoms with Gasteiger partial charge in [-0.15, -0.1) is 0 Å². The topological polar surface area (TPSA) is 55.3 Å². The molecule has 2 heterocycles. The second-order valence-corrected chi connectivity index (χ2v) is 4.81. The van der Waals surface area contributed by atoms with Gasteiger partial charge in [0.15, 0.2) is 0 Å². The van der Waals surface area contributed by atoms with Gasteiger partial charge in [0, 0.05) is 6.20 Å². The van der Waals surface area contributed by atoms with Gasteiger partial charge in [0.1, 0.15) is 12.4 Å². The van der Waals surface area contributed by atoms with Gasteiger partial charge in [-0.3, -0.25) is 4.90 Å². The maximum atomic E-state index is 11.9. The molecule has 0 aliphatic carbocycles. The zero-order valence-electron chi connectivity index (χ0n) is 10.6. The molecule has 1 aromatic heterocycles. The first kappa shape index (κ1) is 12.9. The first-order chi connectivity index (χ1) is 9.74. The van der Waals surface area contributed by atoms with Crippen LogP contribution in [0.5, 0.6) is 0 Å². The number of hydrogen-bond donors (Lipinski definition) is 0. The minimum absolute atomic E-state index is 0.0872. The van der Waals surface area contributed by atoms with Crippen molar-refractivity contribution in [2.45, 2.75) is 12.5 Å². The summed E-state index contributed by atoms with van der Waals surface area (Å²) in [5.41, 5.74) is 1.14. The number of aromatic nitrogens is 2. The minimum atomic E-state index is -0.402. The molecule has 0 unspecified atom stereocenters. The number of anilines is 1. The van der Waals surface area contributed by atoms with Crippen molar-refractivity contribution in [3.8, 4) is 0 Å². The SMILES string of the molecule is O=C1OC[C@H](Cc2ccccc2)N1c1ccnc(Cl)n1. The van der Waals surface area contributed by atoms with Crippen LogP contribution in [0.2, 0.25) is 5.28 Å². The predicted octanol–water partition coefficient (Wildman–Crippen LogP) is 2.70. The molecule has 6 heteroatoms. The summed E-state index contributed by atoms with van der Waals surface area (Å²) in [4.78, 5) is 21.3. The number of carbonyl (C=O) groups excluding carboxylic acids is 1. The summed E-state index contributed by atoms with van der Waals surface area (Å²) < 4.78 is 5.13. The summed E-state index contributed by atoms with van der Waals surface area (Å²) >= 11 is 5.78. The molecule has 1 amide bonds. The zero-order chi connectivity index (χ0) is 13.9. The number of benzene rings is 1. The summed E-state index contributed by atoms with van der Waals surface area (Å²) in [6, 6.07) is 11.5. The fraction of sp³-hybridized carbons (Fsp3) is 0.214. The number of carbonyl (C=O) groups is 1.